The van der Waals surface area contributed by atoms with E-state index in [0.717, 1.165) is 34.1 Å². The van der Waals surface area contributed by atoms with Gasteiger partial charge >= 0.3 is 0 Å². The Hall–Kier alpha value is -3.02. The monoisotopic (exact) mass is 306 g/mol. The summed E-state index contributed by atoms with van der Waals surface area (Å²) in [4.78, 5) is 20.5. The third-order valence-electron chi connectivity index (χ3n) is 3.92. The van der Waals surface area contributed by atoms with Gasteiger partial charge in [0.1, 0.15) is 5.52 Å². The molecule has 1 N–H and O–H groups in total. The van der Waals surface area contributed by atoms with Crippen LogP contribution in [0, 0.1) is 6.92 Å². The second-order valence-corrected chi connectivity index (χ2v) is 5.38. The maximum atomic E-state index is 12.0. The SMILES string of the molecule is CCc1n[nH]c(=O)c2ccc(-c3cncc4nc(C)oc34)cc12. The van der Waals surface area contributed by atoms with Crippen molar-refractivity contribution in [2.45, 2.75) is 20.3 Å². The zero-order chi connectivity index (χ0) is 16.0. The number of aromatic nitrogens is 4. The van der Waals surface area contributed by atoms with Gasteiger partial charge < -0.3 is 4.42 Å². The highest BCUT2D eigenvalue weighted by molar-refractivity contribution is 5.94. The number of aromatic amines is 1. The molecule has 0 aliphatic rings. The second-order valence-electron chi connectivity index (χ2n) is 5.38. The largest absolute Gasteiger partial charge is 0.440 e. The third-order valence-corrected chi connectivity index (χ3v) is 3.92. The molecule has 0 fully saturated rings. The smallest absolute Gasteiger partial charge is 0.272 e. The van der Waals surface area contributed by atoms with Crippen LogP contribution >= 0.6 is 0 Å². The van der Waals surface area contributed by atoms with Crippen molar-refractivity contribution in [3.8, 4) is 11.1 Å². The van der Waals surface area contributed by atoms with Crippen LogP contribution in [-0.4, -0.2) is 20.2 Å². The fraction of sp³-hybridized carbons (Fsp3) is 0.176. The highest BCUT2D eigenvalue weighted by Gasteiger charge is 2.12. The minimum absolute atomic E-state index is 0.185. The number of oxazole rings is 1. The van der Waals surface area contributed by atoms with Crippen LogP contribution in [0.25, 0.3) is 33.0 Å². The van der Waals surface area contributed by atoms with Gasteiger partial charge in [-0.3, -0.25) is 9.78 Å². The van der Waals surface area contributed by atoms with Crippen molar-refractivity contribution in [3.05, 3.63) is 52.5 Å². The van der Waals surface area contributed by atoms with E-state index in [1.54, 1.807) is 12.4 Å². The Morgan fingerprint density at radius 3 is 2.91 bits per heavy atom. The lowest BCUT2D eigenvalue weighted by Gasteiger charge is -2.06. The number of pyridine rings is 1. The van der Waals surface area contributed by atoms with Crippen LogP contribution < -0.4 is 5.56 Å². The quantitative estimate of drug-likeness (QED) is 0.615. The Morgan fingerprint density at radius 2 is 2.09 bits per heavy atom. The van der Waals surface area contributed by atoms with Crippen LogP contribution in [0.3, 0.4) is 0 Å². The van der Waals surface area contributed by atoms with Crippen molar-refractivity contribution in [2.24, 2.45) is 0 Å². The number of benzene rings is 1. The third kappa shape index (κ3) is 2.11. The van der Waals surface area contributed by atoms with E-state index in [4.69, 9.17) is 4.42 Å². The highest BCUT2D eigenvalue weighted by Crippen LogP contribution is 2.30. The van der Waals surface area contributed by atoms with Gasteiger partial charge in [0.15, 0.2) is 11.5 Å². The first-order chi connectivity index (χ1) is 11.2. The summed E-state index contributed by atoms with van der Waals surface area (Å²) in [5, 5.41) is 8.16. The van der Waals surface area contributed by atoms with Gasteiger partial charge in [0, 0.05) is 24.1 Å². The molecule has 0 amide bonds. The van der Waals surface area contributed by atoms with E-state index >= 15 is 0 Å². The number of rotatable bonds is 2. The lowest BCUT2D eigenvalue weighted by Crippen LogP contribution is -2.10. The molecule has 23 heavy (non-hydrogen) atoms. The van der Waals surface area contributed by atoms with E-state index in [1.807, 2.05) is 32.0 Å². The van der Waals surface area contributed by atoms with E-state index < -0.39 is 0 Å². The Morgan fingerprint density at radius 1 is 1.22 bits per heavy atom. The van der Waals surface area contributed by atoms with Crippen LogP contribution in [0.1, 0.15) is 18.5 Å². The summed E-state index contributed by atoms with van der Waals surface area (Å²) in [7, 11) is 0. The van der Waals surface area contributed by atoms with Crippen molar-refractivity contribution in [2.75, 3.05) is 0 Å². The van der Waals surface area contributed by atoms with E-state index in [-0.39, 0.29) is 5.56 Å². The number of hydrogen-bond acceptors (Lipinski definition) is 5. The number of nitrogens with one attached hydrogen (secondary N) is 1. The molecule has 0 radical (unpaired) electrons. The molecule has 6 heteroatoms. The average molecular weight is 306 g/mol. The molecule has 1 aromatic carbocycles. The Kier molecular flexibility index (Phi) is 2.97. The first kappa shape index (κ1) is 13.6. The van der Waals surface area contributed by atoms with Crippen LogP contribution in [0.15, 0.2) is 39.8 Å². The number of hydrogen-bond donors (Lipinski definition) is 1. The molecule has 0 saturated carbocycles. The molecule has 0 unspecified atom stereocenters. The lowest BCUT2D eigenvalue weighted by molar-refractivity contribution is 0.562. The van der Waals surface area contributed by atoms with Crippen molar-refractivity contribution in [3.63, 3.8) is 0 Å². The van der Waals surface area contributed by atoms with Gasteiger partial charge in [-0.05, 0) is 24.1 Å². The summed E-state index contributed by atoms with van der Waals surface area (Å²) < 4.78 is 5.71. The first-order valence-corrected chi connectivity index (χ1v) is 7.40. The van der Waals surface area contributed by atoms with Crippen LogP contribution in [-0.2, 0) is 6.42 Å². The van der Waals surface area contributed by atoms with Gasteiger partial charge in [0.05, 0.1) is 17.3 Å². The number of fused-ring (bicyclic) bond motifs is 2. The summed E-state index contributed by atoms with van der Waals surface area (Å²) in [5.41, 5.74) is 3.87. The molecule has 0 spiro atoms. The molecule has 0 aliphatic heterocycles. The maximum Gasteiger partial charge on any atom is 0.272 e. The molecule has 0 bridgehead atoms. The standard InChI is InChI=1S/C17H14N4O2/c1-3-14-12-6-10(4-5-11(12)17(22)21-20-14)13-7-18-8-15-16(13)23-9(2)19-15/h4-8H,3H2,1-2H3,(H,21,22). The summed E-state index contributed by atoms with van der Waals surface area (Å²) in [6.07, 6.45) is 4.17. The van der Waals surface area contributed by atoms with Gasteiger partial charge in [-0.25, -0.2) is 10.1 Å². The fourth-order valence-electron chi connectivity index (χ4n) is 2.83. The molecule has 4 rings (SSSR count). The molecule has 0 saturated heterocycles. The summed E-state index contributed by atoms with van der Waals surface area (Å²) in [6, 6.07) is 5.67. The van der Waals surface area contributed by atoms with Crippen molar-refractivity contribution in [1.82, 2.24) is 20.2 Å². The van der Waals surface area contributed by atoms with Crippen LogP contribution in [0.4, 0.5) is 0 Å². The van der Waals surface area contributed by atoms with E-state index in [0.29, 0.717) is 16.9 Å². The van der Waals surface area contributed by atoms with Gasteiger partial charge in [0.25, 0.3) is 5.56 Å². The van der Waals surface area contributed by atoms with Gasteiger partial charge in [-0.15, -0.1) is 0 Å². The number of nitrogens with zero attached hydrogens (tertiary/aromatic N) is 3. The molecule has 3 aromatic heterocycles. The predicted octanol–water partition coefficient (Wildman–Crippen LogP) is 3.00. The van der Waals surface area contributed by atoms with Gasteiger partial charge in [-0.1, -0.05) is 13.0 Å². The summed E-state index contributed by atoms with van der Waals surface area (Å²) in [6.45, 7) is 3.82. The normalized spacial score (nSPS) is 11.4. The first-order valence-electron chi connectivity index (χ1n) is 7.40. The van der Waals surface area contributed by atoms with E-state index in [9.17, 15) is 4.79 Å². The van der Waals surface area contributed by atoms with Crippen LogP contribution in [0.5, 0.6) is 0 Å². The molecule has 6 nitrogen and oxygen atoms in total. The topological polar surface area (TPSA) is 84.7 Å². The maximum absolute atomic E-state index is 12.0. The lowest BCUT2D eigenvalue weighted by atomic mass is 10.0. The minimum Gasteiger partial charge on any atom is -0.440 e. The van der Waals surface area contributed by atoms with Gasteiger partial charge in [0.2, 0.25) is 0 Å². The number of H-pyrrole nitrogens is 1. The van der Waals surface area contributed by atoms with E-state index in [1.165, 1.54) is 0 Å². The molecular weight excluding hydrogens is 292 g/mol. The highest BCUT2D eigenvalue weighted by atomic mass is 16.3. The molecule has 0 atom stereocenters. The zero-order valence-electron chi connectivity index (χ0n) is 12.8. The predicted molar refractivity (Wildman–Crippen MR) is 87.3 cm³/mol. The molecule has 0 aliphatic carbocycles. The molecular formula is C17H14N4O2. The van der Waals surface area contributed by atoms with E-state index in [2.05, 4.69) is 20.2 Å². The Balaban J connectivity index is 2.03. The van der Waals surface area contributed by atoms with Gasteiger partial charge in [-0.2, -0.15) is 5.10 Å². The zero-order valence-corrected chi connectivity index (χ0v) is 12.8. The van der Waals surface area contributed by atoms with Crippen molar-refractivity contribution in [1.29, 1.82) is 0 Å². The molecule has 3 heterocycles. The molecule has 114 valence electrons. The van der Waals surface area contributed by atoms with Crippen LogP contribution in [0.2, 0.25) is 0 Å². The van der Waals surface area contributed by atoms with Crippen molar-refractivity contribution >= 4 is 21.9 Å². The fourth-order valence-corrected chi connectivity index (χ4v) is 2.83. The minimum atomic E-state index is -0.185. The Bertz CT molecular complexity index is 1090. The molecule has 4 aromatic rings. The second kappa shape index (κ2) is 5.01. The van der Waals surface area contributed by atoms with Crippen molar-refractivity contribution < 1.29 is 4.42 Å². The average Bonchev–Trinajstić information content (AvgIpc) is 2.95. The summed E-state index contributed by atoms with van der Waals surface area (Å²) >= 11 is 0. The summed E-state index contributed by atoms with van der Waals surface area (Å²) in [5.74, 6) is 0.599. The number of aryl methyl sites for hydroxylation is 2. The Labute approximate surface area is 131 Å².